The van der Waals surface area contributed by atoms with Gasteiger partial charge in [0, 0.05) is 18.7 Å². The van der Waals surface area contributed by atoms with Crippen molar-refractivity contribution in [3.63, 3.8) is 0 Å². The van der Waals surface area contributed by atoms with E-state index in [9.17, 15) is 18.0 Å². The van der Waals surface area contributed by atoms with Crippen LogP contribution in [0.1, 0.15) is 23.2 Å². The van der Waals surface area contributed by atoms with Crippen molar-refractivity contribution in [1.82, 2.24) is 0 Å². The molecule has 2 aromatic rings. The van der Waals surface area contributed by atoms with Crippen LogP contribution in [0.3, 0.4) is 0 Å². The van der Waals surface area contributed by atoms with E-state index in [-0.39, 0.29) is 22.1 Å². The third-order valence-corrected chi connectivity index (χ3v) is 5.23. The molecule has 0 aliphatic carbocycles. The summed E-state index contributed by atoms with van der Waals surface area (Å²) < 4.78 is 34.6. The highest BCUT2D eigenvalue weighted by Crippen LogP contribution is 2.25. The van der Waals surface area contributed by atoms with E-state index in [1.165, 1.54) is 43.5 Å². The molecule has 26 heavy (non-hydrogen) atoms. The number of ether oxygens (including phenoxy) is 1. The van der Waals surface area contributed by atoms with Crippen LogP contribution in [0.5, 0.6) is 5.75 Å². The number of carbonyl (C=O) groups excluding carboxylic acids is 2. The van der Waals surface area contributed by atoms with Crippen LogP contribution in [0.2, 0.25) is 0 Å². The van der Waals surface area contributed by atoms with Crippen LogP contribution in [0.15, 0.2) is 53.4 Å². The Morgan fingerprint density at radius 2 is 1.85 bits per heavy atom. The van der Waals surface area contributed by atoms with Gasteiger partial charge >= 0.3 is 16.1 Å². The van der Waals surface area contributed by atoms with Crippen LogP contribution in [0, 0.1) is 0 Å². The molecule has 1 aliphatic heterocycles. The molecule has 0 aromatic heterocycles. The summed E-state index contributed by atoms with van der Waals surface area (Å²) in [6, 6.07) is 11.6. The first-order valence-corrected chi connectivity index (χ1v) is 9.35. The lowest BCUT2D eigenvalue weighted by molar-refractivity contribution is -0.117. The first-order valence-electron chi connectivity index (χ1n) is 7.94. The van der Waals surface area contributed by atoms with E-state index < -0.39 is 16.1 Å². The summed E-state index contributed by atoms with van der Waals surface area (Å²) in [5.41, 5.74) is 0.835. The zero-order chi connectivity index (χ0) is 18.7. The second-order valence-corrected chi connectivity index (χ2v) is 7.25. The maximum atomic E-state index is 12.4. The maximum absolute atomic E-state index is 12.4. The Morgan fingerprint density at radius 1 is 1.12 bits per heavy atom. The van der Waals surface area contributed by atoms with Crippen molar-refractivity contribution in [3.8, 4) is 5.75 Å². The van der Waals surface area contributed by atoms with Crippen molar-refractivity contribution >= 4 is 27.7 Å². The number of methoxy groups -OCH3 is 1. The summed E-state index contributed by atoms with van der Waals surface area (Å²) in [6.07, 6.45) is 1.29. The molecule has 8 heteroatoms. The van der Waals surface area contributed by atoms with Crippen LogP contribution < -0.4 is 9.08 Å². The van der Waals surface area contributed by atoms with E-state index in [4.69, 9.17) is 4.18 Å². The summed E-state index contributed by atoms with van der Waals surface area (Å²) in [6.45, 7) is 0.627. The van der Waals surface area contributed by atoms with Gasteiger partial charge in [-0.15, -0.1) is 0 Å². The summed E-state index contributed by atoms with van der Waals surface area (Å²) in [4.78, 5) is 24.9. The highest BCUT2D eigenvalue weighted by Gasteiger charge is 2.23. The number of carbonyl (C=O) groups is 2. The van der Waals surface area contributed by atoms with Gasteiger partial charge < -0.3 is 13.8 Å². The van der Waals surface area contributed by atoms with Crippen LogP contribution in [0.4, 0.5) is 5.69 Å². The zero-order valence-corrected chi connectivity index (χ0v) is 14.9. The number of anilines is 1. The SMILES string of the molecule is COC(=O)c1cccc(OS(=O)(=O)c2ccc(N3CCCC3=O)cc2)c1. The van der Waals surface area contributed by atoms with Crippen LogP contribution in [-0.4, -0.2) is 33.9 Å². The summed E-state index contributed by atoms with van der Waals surface area (Å²) >= 11 is 0. The van der Waals surface area contributed by atoms with Crippen molar-refractivity contribution in [1.29, 1.82) is 0 Å². The van der Waals surface area contributed by atoms with Crippen molar-refractivity contribution in [2.75, 3.05) is 18.6 Å². The van der Waals surface area contributed by atoms with Gasteiger partial charge in [-0.2, -0.15) is 8.42 Å². The van der Waals surface area contributed by atoms with Gasteiger partial charge in [0.1, 0.15) is 10.6 Å². The fourth-order valence-electron chi connectivity index (χ4n) is 2.68. The normalized spacial score (nSPS) is 14.3. The minimum Gasteiger partial charge on any atom is -0.465 e. The van der Waals surface area contributed by atoms with Gasteiger partial charge in [-0.3, -0.25) is 4.79 Å². The fourth-order valence-corrected chi connectivity index (χ4v) is 3.60. The lowest BCUT2D eigenvalue weighted by Crippen LogP contribution is -2.23. The molecular formula is C18H17NO6S. The average Bonchev–Trinajstić information content (AvgIpc) is 3.07. The van der Waals surface area contributed by atoms with Gasteiger partial charge in [0.2, 0.25) is 5.91 Å². The molecule has 3 rings (SSSR count). The van der Waals surface area contributed by atoms with E-state index in [0.29, 0.717) is 18.7 Å². The van der Waals surface area contributed by atoms with Gasteiger partial charge in [0.05, 0.1) is 12.7 Å². The topological polar surface area (TPSA) is 90.0 Å². The Bertz CT molecular complexity index is 936. The number of hydrogen-bond acceptors (Lipinski definition) is 6. The number of rotatable bonds is 5. The molecule has 1 heterocycles. The Labute approximate surface area is 151 Å². The third-order valence-electron chi connectivity index (χ3n) is 3.97. The molecule has 0 radical (unpaired) electrons. The number of amides is 1. The minimum absolute atomic E-state index is 0.00620. The summed E-state index contributed by atoms with van der Waals surface area (Å²) in [5, 5.41) is 0. The zero-order valence-electron chi connectivity index (χ0n) is 14.0. The van der Waals surface area contributed by atoms with E-state index in [0.717, 1.165) is 6.42 Å². The molecular weight excluding hydrogens is 358 g/mol. The predicted octanol–water partition coefficient (Wildman–Crippen LogP) is 2.37. The maximum Gasteiger partial charge on any atom is 0.339 e. The fraction of sp³-hybridized carbons (Fsp3) is 0.222. The molecule has 0 unspecified atom stereocenters. The van der Waals surface area contributed by atoms with E-state index in [2.05, 4.69) is 4.74 Å². The van der Waals surface area contributed by atoms with Crippen LogP contribution >= 0.6 is 0 Å². The standard InChI is InChI=1S/C18H17NO6S/c1-24-18(21)13-4-2-5-15(12-13)25-26(22,23)16-9-7-14(8-10-16)19-11-3-6-17(19)20/h2,4-5,7-10,12H,3,6,11H2,1H3. The molecule has 0 atom stereocenters. The average molecular weight is 375 g/mol. The van der Waals surface area contributed by atoms with Gasteiger partial charge in [-0.05, 0) is 48.9 Å². The molecule has 0 saturated carbocycles. The Morgan fingerprint density at radius 3 is 2.46 bits per heavy atom. The van der Waals surface area contributed by atoms with Gasteiger partial charge in [0.15, 0.2) is 0 Å². The molecule has 7 nitrogen and oxygen atoms in total. The second kappa shape index (κ2) is 7.17. The van der Waals surface area contributed by atoms with Crippen molar-refractivity contribution in [3.05, 3.63) is 54.1 Å². The summed E-state index contributed by atoms with van der Waals surface area (Å²) in [5.74, 6) is -0.560. The molecule has 1 fully saturated rings. The Balaban J connectivity index is 1.80. The van der Waals surface area contributed by atoms with E-state index >= 15 is 0 Å². The van der Waals surface area contributed by atoms with Crippen LogP contribution in [-0.2, 0) is 19.6 Å². The highest BCUT2D eigenvalue weighted by atomic mass is 32.2. The summed E-state index contributed by atoms with van der Waals surface area (Å²) in [7, 11) is -2.84. The highest BCUT2D eigenvalue weighted by molar-refractivity contribution is 7.87. The molecule has 1 saturated heterocycles. The number of benzene rings is 2. The smallest absolute Gasteiger partial charge is 0.339 e. The van der Waals surface area contributed by atoms with Gasteiger partial charge in [-0.1, -0.05) is 6.07 Å². The minimum atomic E-state index is -4.07. The largest absolute Gasteiger partial charge is 0.465 e. The quantitative estimate of drug-likeness (QED) is 0.589. The molecule has 1 aliphatic rings. The molecule has 2 aromatic carbocycles. The van der Waals surface area contributed by atoms with E-state index in [1.54, 1.807) is 17.0 Å². The first kappa shape index (κ1) is 17.9. The number of esters is 1. The number of hydrogen-bond donors (Lipinski definition) is 0. The lowest BCUT2D eigenvalue weighted by atomic mass is 10.2. The molecule has 136 valence electrons. The third kappa shape index (κ3) is 3.70. The van der Waals surface area contributed by atoms with Crippen molar-refractivity contribution in [2.45, 2.75) is 17.7 Å². The molecule has 0 N–H and O–H groups in total. The van der Waals surface area contributed by atoms with Gasteiger partial charge in [-0.25, -0.2) is 4.79 Å². The monoisotopic (exact) mass is 375 g/mol. The number of nitrogens with zero attached hydrogens (tertiary/aromatic N) is 1. The molecule has 0 spiro atoms. The Kier molecular flexibility index (Phi) is 4.94. The van der Waals surface area contributed by atoms with Crippen LogP contribution in [0.25, 0.3) is 0 Å². The second-order valence-electron chi connectivity index (χ2n) is 5.70. The molecule has 1 amide bonds. The molecule has 0 bridgehead atoms. The van der Waals surface area contributed by atoms with Gasteiger partial charge in [0.25, 0.3) is 0 Å². The van der Waals surface area contributed by atoms with Crippen molar-refractivity contribution in [2.24, 2.45) is 0 Å². The van der Waals surface area contributed by atoms with Crippen molar-refractivity contribution < 1.29 is 26.9 Å². The lowest BCUT2D eigenvalue weighted by Gasteiger charge is -2.16. The first-order chi connectivity index (χ1) is 12.4. The predicted molar refractivity (Wildman–Crippen MR) is 93.6 cm³/mol. The van der Waals surface area contributed by atoms with E-state index in [1.807, 2.05) is 0 Å². The Hall–Kier alpha value is -2.87.